The molecule has 0 saturated heterocycles. The summed E-state index contributed by atoms with van der Waals surface area (Å²) >= 11 is 0. The van der Waals surface area contributed by atoms with Crippen molar-refractivity contribution in [2.75, 3.05) is 18.8 Å². The Morgan fingerprint density at radius 1 is 1.12 bits per heavy atom. The van der Waals surface area contributed by atoms with Gasteiger partial charge >= 0.3 is 0 Å². The number of fused-ring (bicyclic) bond motifs is 1. The van der Waals surface area contributed by atoms with Crippen LogP contribution < -0.4 is 5.73 Å². The molecule has 0 unspecified atom stereocenters. The third-order valence-electron chi connectivity index (χ3n) is 4.50. The predicted octanol–water partition coefficient (Wildman–Crippen LogP) is 1.54. The molecule has 0 radical (unpaired) electrons. The van der Waals surface area contributed by atoms with E-state index in [-0.39, 0.29) is 5.91 Å². The summed E-state index contributed by atoms with van der Waals surface area (Å²) in [4.78, 5) is 23.1. The van der Waals surface area contributed by atoms with Crippen molar-refractivity contribution in [1.29, 1.82) is 0 Å². The zero-order valence-electron chi connectivity index (χ0n) is 14.4. The quantitative estimate of drug-likeness (QED) is 0.775. The number of carbonyl (C=O) groups excluding carboxylic acids is 1. The van der Waals surface area contributed by atoms with Gasteiger partial charge in [0, 0.05) is 37.7 Å². The number of nitrogens with two attached hydrogens (primary N) is 1. The molecule has 0 atom stereocenters. The average Bonchev–Trinajstić information content (AvgIpc) is 2.93. The summed E-state index contributed by atoms with van der Waals surface area (Å²) in [5, 5.41) is 4.62. The van der Waals surface area contributed by atoms with E-state index in [9.17, 15) is 4.79 Å². The molecule has 2 N–H and O–H groups in total. The minimum Gasteiger partial charge on any atom is -0.384 e. The fourth-order valence-corrected chi connectivity index (χ4v) is 3.17. The van der Waals surface area contributed by atoms with Crippen LogP contribution in [0, 0.1) is 0 Å². The number of anilines is 1. The highest BCUT2D eigenvalue weighted by molar-refractivity contribution is 5.94. The average molecular weight is 348 g/mol. The summed E-state index contributed by atoms with van der Waals surface area (Å²) in [7, 11) is 0. The first-order valence-corrected chi connectivity index (χ1v) is 8.66. The van der Waals surface area contributed by atoms with E-state index in [1.165, 1.54) is 5.56 Å². The predicted molar refractivity (Wildman–Crippen MR) is 97.5 cm³/mol. The van der Waals surface area contributed by atoms with E-state index in [1.54, 1.807) is 18.3 Å². The van der Waals surface area contributed by atoms with Crippen molar-refractivity contribution in [1.82, 2.24) is 24.6 Å². The molecular weight excluding hydrogens is 328 g/mol. The maximum atomic E-state index is 12.7. The molecule has 0 saturated carbocycles. The van der Waals surface area contributed by atoms with Gasteiger partial charge in [-0.05, 0) is 17.7 Å². The van der Waals surface area contributed by atoms with Gasteiger partial charge in [-0.3, -0.25) is 4.79 Å². The standard InChI is InChI=1S/C19H20N6O/c20-16-13-15(6-8-21-16)19(26)24-9-7-18-22-17(23-25(18)11-10-24)12-14-4-2-1-3-5-14/h1-6,8,13H,7,9-12H2,(H2,20,21). The largest absolute Gasteiger partial charge is 0.384 e. The first kappa shape index (κ1) is 16.3. The first-order chi connectivity index (χ1) is 12.7. The normalized spacial score (nSPS) is 13.9. The van der Waals surface area contributed by atoms with E-state index < -0.39 is 0 Å². The Bertz CT molecular complexity index is 895. The Balaban J connectivity index is 1.45. The third kappa shape index (κ3) is 3.42. The molecule has 26 heavy (non-hydrogen) atoms. The van der Waals surface area contributed by atoms with Gasteiger partial charge in [-0.25, -0.2) is 14.6 Å². The number of hydrogen-bond acceptors (Lipinski definition) is 5. The lowest BCUT2D eigenvalue weighted by atomic mass is 10.1. The van der Waals surface area contributed by atoms with Gasteiger partial charge in [0.25, 0.3) is 5.91 Å². The molecule has 4 rings (SSSR count). The van der Waals surface area contributed by atoms with Crippen LogP contribution in [0.25, 0.3) is 0 Å². The van der Waals surface area contributed by atoms with Gasteiger partial charge in [0.15, 0.2) is 5.82 Å². The van der Waals surface area contributed by atoms with Gasteiger partial charge in [0.1, 0.15) is 11.6 Å². The number of carbonyl (C=O) groups is 1. The number of nitrogen functional groups attached to an aromatic ring is 1. The second kappa shape index (κ2) is 6.95. The number of rotatable bonds is 3. The monoisotopic (exact) mass is 348 g/mol. The van der Waals surface area contributed by atoms with Crippen molar-refractivity contribution >= 4 is 11.7 Å². The van der Waals surface area contributed by atoms with E-state index >= 15 is 0 Å². The van der Waals surface area contributed by atoms with Crippen LogP contribution in [0.2, 0.25) is 0 Å². The summed E-state index contributed by atoms with van der Waals surface area (Å²) in [6, 6.07) is 13.5. The number of pyridine rings is 1. The number of benzene rings is 1. The Labute approximate surface area is 151 Å². The summed E-state index contributed by atoms with van der Waals surface area (Å²) < 4.78 is 1.92. The summed E-state index contributed by atoms with van der Waals surface area (Å²) in [6.07, 6.45) is 2.97. The number of nitrogens with zero attached hydrogens (tertiary/aromatic N) is 5. The highest BCUT2D eigenvalue weighted by atomic mass is 16.2. The van der Waals surface area contributed by atoms with Crippen molar-refractivity contribution in [2.45, 2.75) is 19.4 Å². The summed E-state index contributed by atoms with van der Waals surface area (Å²) in [5.74, 6) is 2.08. The minimum atomic E-state index is -0.0330. The SMILES string of the molecule is Nc1cc(C(=O)N2CCc3nc(Cc4ccccc4)nn3CC2)ccn1. The summed E-state index contributed by atoms with van der Waals surface area (Å²) in [5.41, 5.74) is 7.44. The minimum absolute atomic E-state index is 0.0330. The Morgan fingerprint density at radius 2 is 1.96 bits per heavy atom. The van der Waals surface area contributed by atoms with Crippen molar-refractivity contribution in [3.8, 4) is 0 Å². The molecule has 1 amide bonds. The van der Waals surface area contributed by atoms with Crippen molar-refractivity contribution in [2.24, 2.45) is 0 Å². The van der Waals surface area contributed by atoms with E-state index in [4.69, 9.17) is 5.73 Å². The molecule has 0 bridgehead atoms. The molecule has 3 heterocycles. The van der Waals surface area contributed by atoms with Crippen LogP contribution >= 0.6 is 0 Å². The fraction of sp³-hybridized carbons (Fsp3) is 0.263. The molecule has 0 aliphatic carbocycles. The highest BCUT2D eigenvalue weighted by Gasteiger charge is 2.22. The molecule has 0 fully saturated rings. The van der Waals surface area contributed by atoms with Crippen molar-refractivity contribution in [3.63, 3.8) is 0 Å². The van der Waals surface area contributed by atoms with E-state index in [2.05, 4.69) is 27.2 Å². The van der Waals surface area contributed by atoms with Crippen LogP contribution in [0.5, 0.6) is 0 Å². The zero-order chi connectivity index (χ0) is 17.9. The van der Waals surface area contributed by atoms with E-state index in [0.29, 0.717) is 37.4 Å². The smallest absolute Gasteiger partial charge is 0.254 e. The van der Waals surface area contributed by atoms with Crippen LogP contribution in [-0.4, -0.2) is 43.6 Å². The van der Waals surface area contributed by atoms with Crippen LogP contribution in [-0.2, 0) is 19.4 Å². The van der Waals surface area contributed by atoms with Crippen LogP contribution in [0.3, 0.4) is 0 Å². The lowest BCUT2D eigenvalue weighted by Crippen LogP contribution is -2.33. The number of amides is 1. The fourth-order valence-electron chi connectivity index (χ4n) is 3.17. The first-order valence-electron chi connectivity index (χ1n) is 8.66. The molecule has 3 aromatic rings. The Kier molecular flexibility index (Phi) is 4.35. The maximum Gasteiger partial charge on any atom is 0.254 e. The van der Waals surface area contributed by atoms with Gasteiger partial charge in [0.05, 0.1) is 6.54 Å². The van der Waals surface area contributed by atoms with Gasteiger partial charge in [-0.15, -0.1) is 0 Å². The second-order valence-corrected chi connectivity index (χ2v) is 6.34. The Morgan fingerprint density at radius 3 is 2.77 bits per heavy atom. The van der Waals surface area contributed by atoms with Crippen LogP contribution in [0.4, 0.5) is 5.82 Å². The van der Waals surface area contributed by atoms with E-state index in [1.807, 2.05) is 27.8 Å². The molecule has 1 aromatic carbocycles. The topological polar surface area (TPSA) is 89.9 Å². The van der Waals surface area contributed by atoms with Crippen LogP contribution in [0.1, 0.15) is 27.6 Å². The number of aromatic nitrogens is 4. The van der Waals surface area contributed by atoms with Gasteiger partial charge in [-0.2, -0.15) is 5.10 Å². The van der Waals surface area contributed by atoms with Gasteiger partial charge in [0.2, 0.25) is 0 Å². The summed E-state index contributed by atoms with van der Waals surface area (Å²) in [6.45, 7) is 1.86. The number of hydrogen-bond donors (Lipinski definition) is 1. The lowest BCUT2D eigenvalue weighted by molar-refractivity contribution is 0.0758. The van der Waals surface area contributed by atoms with Crippen LogP contribution in [0.15, 0.2) is 48.7 Å². The van der Waals surface area contributed by atoms with Gasteiger partial charge < -0.3 is 10.6 Å². The molecule has 7 nitrogen and oxygen atoms in total. The molecule has 7 heteroatoms. The van der Waals surface area contributed by atoms with E-state index in [0.717, 1.165) is 18.1 Å². The second-order valence-electron chi connectivity index (χ2n) is 6.34. The van der Waals surface area contributed by atoms with Gasteiger partial charge in [-0.1, -0.05) is 30.3 Å². The molecule has 1 aliphatic heterocycles. The highest BCUT2D eigenvalue weighted by Crippen LogP contribution is 2.13. The third-order valence-corrected chi connectivity index (χ3v) is 4.50. The molecule has 1 aliphatic rings. The molecule has 2 aromatic heterocycles. The molecule has 132 valence electrons. The molecular formula is C19H20N6O. The molecule has 0 spiro atoms. The van der Waals surface area contributed by atoms with Crippen molar-refractivity contribution in [3.05, 3.63) is 71.4 Å². The lowest BCUT2D eigenvalue weighted by Gasteiger charge is -2.20. The Hall–Kier alpha value is -3.22. The maximum absolute atomic E-state index is 12.7. The van der Waals surface area contributed by atoms with Crippen molar-refractivity contribution < 1.29 is 4.79 Å². The zero-order valence-corrected chi connectivity index (χ0v) is 14.4.